The molecule has 8 heteroatoms. The summed E-state index contributed by atoms with van der Waals surface area (Å²) in [4.78, 5) is 29.4. The SMILES string of the molecule is Cc1cc(NC(=O)CN(CCCN2CCOCC2)C(=O)CCC2CCCC2)no1. The molecule has 0 spiro atoms. The van der Waals surface area contributed by atoms with Crippen LogP contribution in [0.3, 0.4) is 0 Å². The van der Waals surface area contributed by atoms with Crippen LogP contribution < -0.4 is 5.32 Å². The number of rotatable bonds is 10. The second-order valence-corrected chi connectivity index (χ2v) is 8.18. The molecule has 2 amide bonds. The first-order valence-electron chi connectivity index (χ1n) is 10.9. The Morgan fingerprint density at radius 3 is 2.72 bits per heavy atom. The number of morpholine rings is 1. The quantitative estimate of drug-likeness (QED) is 0.642. The Hall–Kier alpha value is -1.93. The van der Waals surface area contributed by atoms with Gasteiger partial charge in [-0.25, -0.2) is 0 Å². The van der Waals surface area contributed by atoms with E-state index >= 15 is 0 Å². The van der Waals surface area contributed by atoms with E-state index in [-0.39, 0.29) is 18.4 Å². The number of hydrogen-bond donors (Lipinski definition) is 1. The van der Waals surface area contributed by atoms with Crippen LogP contribution in [0.1, 0.15) is 50.7 Å². The van der Waals surface area contributed by atoms with Gasteiger partial charge in [-0.2, -0.15) is 0 Å². The highest BCUT2D eigenvalue weighted by atomic mass is 16.5. The predicted molar refractivity (Wildman–Crippen MR) is 110 cm³/mol. The molecule has 0 unspecified atom stereocenters. The molecule has 0 atom stereocenters. The summed E-state index contributed by atoms with van der Waals surface area (Å²) in [7, 11) is 0. The number of nitrogens with one attached hydrogen (secondary N) is 1. The van der Waals surface area contributed by atoms with Crippen LogP contribution in [0.2, 0.25) is 0 Å². The Labute approximate surface area is 172 Å². The van der Waals surface area contributed by atoms with Gasteiger partial charge >= 0.3 is 0 Å². The fraction of sp³-hybridized carbons (Fsp3) is 0.762. The second kappa shape index (κ2) is 11.3. The lowest BCUT2D eigenvalue weighted by atomic mass is 10.0. The molecule has 1 aliphatic carbocycles. The molecule has 8 nitrogen and oxygen atoms in total. The maximum Gasteiger partial charge on any atom is 0.245 e. The first-order valence-corrected chi connectivity index (χ1v) is 10.9. The Balaban J connectivity index is 1.49. The van der Waals surface area contributed by atoms with E-state index in [1.165, 1.54) is 25.7 Å². The fourth-order valence-corrected chi connectivity index (χ4v) is 4.17. The summed E-state index contributed by atoms with van der Waals surface area (Å²) in [5, 5.41) is 6.51. The minimum atomic E-state index is -0.237. The normalized spacial score (nSPS) is 18.1. The van der Waals surface area contributed by atoms with E-state index < -0.39 is 0 Å². The molecule has 0 bridgehead atoms. The summed E-state index contributed by atoms with van der Waals surface area (Å²) in [5.41, 5.74) is 0. The summed E-state index contributed by atoms with van der Waals surface area (Å²) in [6.45, 7) is 6.73. The van der Waals surface area contributed by atoms with E-state index in [0.29, 0.717) is 30.5 Å². The lowest BCUT2D eigenvalue weighted by molar-refractivity contribution is -0.135. The van der Waals surface area contributed by atoms with Crippen LogP contribution in [0, 0.1) is 12.8 Å². The highest BCUT2D eigenvalue weighted by Crippen LogP contribution is 2.28. The van der Waals surface area contributed by atoms with Crippen molar-refractivity contribution in [2.75, 3.05) is 51.3 Å². The van der Waals surface area contributed by atoms with Crippen LogP contribution in [0.25, 0.3) is 0 Å². The van der Waals surface area contributed by atoms with Crippen LogP contribution in [-0.2, 0) is 14.3 Å². The molecular formula is C21H34N4O4. The lowest BCUT2D eigenvalue weighted by Gasteiger charge is -2.28. The first-order chi connectivity index (χ1) is 14.1. The van der Waals surface area contributed by atoms with Gasteiger partial charge in [0.1, 0.15) is 5.76 Å². The molecule has 0 radical (unpaired) electrons. The molecule has 1 aromatic heterocycles. The van der Waals surface area contributed by atoms with Gasteiger partial charge in [-0.1, -0.05) is 30.8 Å². The van der Waals surface area contributed by atoms with E-state index in [9.17, 15) is 9.59 Å². The number of ether oxygens (including phenoxy) is 1. The van der Waals surface area contributed by atoms with E-state index in [1.807, 2.05) is 0 Å². The Morgan fingerprint density at radius 1 is 1.28 bits per heavy atom. The third kappa shape index (κ3) is 7.44. The number of carbonyl (C=O) groups is 2. The van der Waals surface area contributed by atoms with Crippen molar-refractivity contribution in [3.63, 3.8) is 0 Å². The summed E-state index contributed by atoms with van der Waals surface area (Å²) < 4.78 is 10.4. The van der Waals surface area contributed by atoms with Gasteiger partial charge in [0.2, 0.25) is 11.8 Å². The first kappa shape index (κ1) is 21.8. The molecule has 2 fully saturated rings. The van der Waals surface area contributed by atoms with Crippen LogP contribution in [-0.4, -0.2) is 72.7 Å². The van der Waals surface area contributed by atoms with Gasteiger partial charge < -0.3 is 19.5 Å². The zero-order valence-electron chi connectivity index (χ0n) is 17.5. The second-order valence-electron chi connectivity index (χ2n) is 8.18. The highest BCUT2D eigenvalue weighted by molar-refractivity contribution is 5.93. The van der Waals surface area contributed by atoms with Crippen LogP contribution >= 0.6 is 0 Å². The van der Waals surface area contributed by atoms with Crippen molar-refractivity contribution in [2.45, 2.75) is 51.9 Å². The average Bonchev–Trinajstić information content (AvgIpc) is 3.38. The lowest BCUT2D eigenvalue weighted by Crippen LogP contribution is -2.41. The molecule has 1 aromatic rings. The van der Waals surface area contributed by atoms with Gasteiger partial charge in [0.25, 0.3) is 0 Å². The van der Waals surface area contributed by atoms with Crippen LogP contribution in [0.5, 0.6) is 0 Å². The summed E-state index contributed by atoms with van der Waals surface area (Å²) in [5.74, 6) is 1.53. The third-order valence-electron chi connectivity index (χ3n) is 5.83. The molecule has 2 aliphatic rings. The molecule has 29 heavy (non-hydrogen) atoms. The minimum absolute atomic E-state index is 0.0541. The van der Waals surface area contributed by atoms with E-state index in [2.05, 4.69) is 15.4 Å². The Morgan fingerprint density at radius 2 is 2.03 bits per heavy atom. The average molecular weight is 407 g/mol. The van der Waals surface area contributed by atoms with Crippen molar-refractivity contribution >= 4 is 17.6 Å². The molecule has 1 N–H and O–H groups in total. The third-order valence-corrected chi connectivity index (χ3v) is 5.83. The number of aryl methyl sites for hydroxylation is 1. The minimum Gasteiger partial charge on any atom is -0.379 e. The monoisotopic (exact) mass is 406 g/mol. The van der Waals surface area contributed by atoms with Gasteiger partial charge in [0.15, 0.2) is 5.82 Å². The zero-order valence-corrected chi connectivity index (χ0v) is 17.5. The van der Waals surface area contributed by atoms with Gasteiger partial charge in [-0.3, -0.25) is 14.5 Å². The molecule has 1 saturated heterocycles. The van der Waals surface area contributed by atoms with E-state index in [1.54, 1.807) is 17.9 Å². The maximum absolute atomic E-state index is 12.9. The molecule has 2 heterocycles. The zero-order chi connectivity index (χ0) is 20.5. The van der Waals surface area contributed by atoms with E-state index in [4.69, 9.17) is 9.26 Å². The van der Waals surface area contributed by atoms with Gasteiger partial charge in [0.05, 0.1) is 19.8 Å². The van der Waals surface area contributed by atoms with Crippen molar-refractivity contribution in [1.29, 1.82) is 0 Å². The van der Waals surface area contributed by atoms with Crippen LogP contribution in [0.4, 0.5) is 5.82 Å². The molecule has 3 rings (SSSR count). The highest BCUT2D eigenvalue weighted by Gasteiger charge is 2.21. The maximum atomic E-state index is 12.9. The predicted octanol–water partition coefficient (Wildman–Crippen LogP) is 2.44. The molecule has 1 aliphatic heterocycles. The summed E-state index contributed by atoms with van der Waals surface area (Å²) in [6, 6.07) is 1.67. The number of hydrogen-bond acceptors (Lipinski definition) is 6. The standard InChI is InChI=1S/C21H34N4O4/c1-17-15-19(23-29-17)22-20(26)16-25(10-4-9-24-11-13-28-14-12-24)21(27)8-7-18-5-2-3-6-18/h15,18H,2-14,16H2,1H3,(H,22,23,26). The number of carbonyl (C=O) groups excluding carboxylic acids is 2. The smallest absolute Gasteiger partial charge is 0.245 e. The van der Waals surface area contributed by atoms with Crippen molar-refractivity contribution in [2.24, 2.45) is 5.92 Å². The van der Waals surface area contributed by atoms with Crippen LogP contribution in [0.15, 0.2) is 10.6 Å². The fourth-order valence-electron chi connectivity index (χ4n) is 4.17. The van der Waals surface area contributed by atoms with Gasteiger partial charge in [0, 0.05) is 38.7 Å². The Kier molecular flexibility index (Phi) is 8.49. The number of aromatic nitrogens is 1. The van der Waals surface area contributed by atoms with Crippen molar-refractivity contribution in [3.8, 4) is 0 Å². The summed E-state index contributed by atoms with van der Waals surface area (Å²) >= 11 is 0. The topological polar surface area (TPSA) is 87.9 Å². The molecule has 162 valence electrons. The van der Waals surface area contributed by atoms with Gasteiger partial charge in [-0.15, -0.1) is 0 Å². The molecular weight excluding hydrogens is 372 g/mol. The number of nitrogens with zero attached hydrogens (tertiary/aromatic N) is 3. The largest absolute Gasteiger partial charge is 0.379 e. The van der Waals surface area contributed by atoms with E-state index in [0.717, 1.165) is 45.7 Å². The molecule has 0 aromatic carbocycles. The molecule has 1 saturated carbocycles. The number of anilines is 1. The van der Waals surface area contributed by atoms with Crippen molar-refractivity contribution in [3.05, 3.63) is 11.8 Å². The van der Waals surface area contributed by atoms with Crippen molar-refractivity contribution < 1.29 is 18.8 Å². The summed E-state index contributed by atoms with van der Waals surface area (Å²) in [6.07, 6.45) is 7.34. The van der Waals surface area contributed by atoms with Gasteiger partial charge in [-0.05, 0) is 25.7 Å². The number of amides is 2. The Bertz CT molecular complexity index is 651. The van der Waals surface area contributed by atoms with Crippen molar-refractivity contribution in [1.82, 2.24) is 15.0 Å².